The molecule has 1 spiro atoms. The minimum absolute atomic E-state index is 0.138. The van der Waals surface area contributed by atoms with Gasteiger partial charge in [-0.3, -0.25) is 4.90 Å². The second-order valence-electron chi connectivity index (χ2n) is 9.35. The van der Waals surface area contributed by atoms with E-state index in [4.69, 9.17) is 14.6 Å². The van der Waals surface area contributed by atoms with Crippen LogP contribution in [0.5, 0.6) is 17.2 Å². The topological polar surface area (TPSA) is 57.5 Å². The lowest BCUT2D eigenvalue weighted by atomic mass is 9.90. The predicted molar refractivity (Wildman–Crippen MR) is 131 cm³/mol. The van der Waals surface area contributed by atoms with Crippen molar-refractivity contribution in [1.82, 2.24) is 9.91 Å². The van der Waals surface area contributed by atoms with Crippen LogP contribution in [-0.4, -0.2) is 46.7 Å². The predicted octanol–water partition coefficient (Wildman–Crippen LogP) is 4.94. The number of nitrogens with zero attached hydrogens (tertiary/aromatic N) is 3. The number of benzene rings is 3. The van der Waals surface area contributed by atoms with Crippen LogP contribution >= 0.6 is 0 Å². The summed E-state index contributed by atoms with van der Waals surface area (Å²) in [6.45, 7) is 2.87. The minimum atomic E-state index is -0.449. The molecule has 1 atom stereocenters. The van der Waals surface area contributed by atoms with E-state index in [9.17, 15) is 5.11 Å². The molecule has 34 heavy (non-hydrogen) atoms. The molecule has 3 aliphatic rings. The number of para-hydroxylation sites is 1. The maximum atomic E-state index is 10.0. The Balaban J connectivity index is 1.30. The number of likely N-dealkylation sites (tertiary alicyclic amines) is 1. The number of phenolic OH excluding ortho intramolecular Hbond substituents is 1. The SMILES string of the molecule is COc1cc(C2=NN3C(C2)c2ccccc2OC32CCN(Cc3ccccc3)CC2)ccc1O. The first-order valence-corrected chi connectivity index (χ1v) is 11.9. The summed E-state index contributed by atoms with van der Waals surface area (Å²) in [5.74, 6) is 1.57. The molecule has 0 radical (unpaired) electrons. The zero-order valence-electron chi connectivity index (χ0n) is 19.4. The van der Waals surface area contributed by atoms with E-state index in [0.29, 0.717) is 5.75 Å². The third-order valence-corrected chi connectivity index (χ3v) is 7.31. The van der Waals surface area contributed by atoms with Gasteiger partial charge in [0, 0.05) is 50.0 Å². The lowest BCUT2D eigenvalue weighted by Gasteiger charge is -2.51. The molecule has 6 heteroatoms. The molecule has 6 rings (SSSR count). The van der Waals surface area contributed by atoms with Gasteiger partial charge in [-0.05, 0) is 29.8 Å². The van der Waals surface area contributed by atoms with Gasteiger partial charge in [-0.1, -0.05) is 48.5 Å². The molecule has 3 aliphatic heterocycles. The van der Waals surface area contributed by atoms with Crippen molar-refractivity contribution >= 4 is 5.71 Å². The summed E-state index contributed by atoms with van der Waals surface area (Å²) in [4.78, 5) is 2.50. The van der Waals surface area contributed by atoms with Gasteiger partial charge in [0.15, 0.2) is 11.5 Å². The number of aromatic hydroxyl groups is 1. The third-order valence-electron chi connectivity index (χ3n) is 7.31. The maximum Gasteiger partial charge on any atom is 0.200 e. The zero-order chi connectivity index (χ0) is 23.1. The average Bonchev–Trinajstić information content (AvgIpc) is 3.33. The van der Waals surface area contributed by atoms with Crippen molar-refractivity contribution in [3.8, 4) is 17.2 Å². The normalized spacial score (nSPS) is 20.9. The van der Waals surface area contributed by atoms with E-state index < -0.39 is 5.72 Å². The highest BCUT2D eigenvalue weighted by atomic mass is 16.5. The van der Waals surface area contributed by atoms with E-state index >= 15 is 0 Å². The molecule has 0 bridgehead atoms. The number of hydrogen-bond donors (Lipinski definition) is 1. The van der Waals surface area contributed by atoms with Gasteiger partial charge < -0.3 is 14.6 Å². The van der Waals surface area contributed by atoms with Gasteiger partial charge in [0.1, 0.15) is 5.75 Å². The van der Waals surface area contributed by atoms with Gasteiger partial charge in [0.25, 0.3) is 0 Å². The Hall–Kier alpha value is -3.51. The number of rotatable bonds is 4. The van der Waals surface area contributed by atoms with Gasteiger partial charge in [-0.25, -0.2) is 5.01 Å². The lowest BCUT2D eigenvalue weighted by Crippen LogP contribution is -2.59. The van der Waals surface area contributed by atoms with E-state index in [1.165, 1.54) is 11.1 Å². The Bertz CT molecular complexity index is 1220. The van der Waals surface area contributed by atoms with E-state index in [2.05, 4.69) is 58.4 Å². The third kappa shape index (κ3) is 3.59. The minimum Gasteiger partial charge on any atom is -0.504 e. The largest absolute Gasteiger partial charge is 0.504 e. The van der Waals surface area contributed by atoms with Crippen LogP contribution in [0.2, 0.25) is 0 Å². The molecule has 3 heterocycles. The van der Waals surface area contributed by atoms with Crippen LogP contribution in [0.4, 0.5) is 0 Å². The highest BCUT2D eigenvalue weighted by Crippen LogP contribution is 2.50. The quantitative estimate of drug-likeness (QED) is 0.604. The van der Waals surface area contributed by atoms with Crippen molar-refractivity contribution in [1.29, 1.82) is 0 Å². The fourth-order valence-electron chi connectivity index (χ4n) is 5.49. The van der Waals surface area contributed by atoms with Gasteiger partial charge in [-0.15, -0.1) is 0 Å². The fraction of sp³-hybridized carbons (Fsp3) is 0.321. The Kier molecular flexibility index (Phi) is 5.18. The number of phenols is 1. The summed E-state index contributed by atoms with van der Waals surface area (Å²) in [7, 11) is 1.57. The molecule has 0 saturated carbocycles. The van der Waals surface area contributed by atoms with Crippen LogP contribution in [0, 0.1) is 0 Å². The highest BCUT2D eigenvalue weighted by molar-refractivity contribution is 6.02. The van der Waals surface area contributed by atoms with Crippen LogP contribution in [-0.2, 0) is 6.54 Å². The van der Waals surface area contributed by atoms with Crippen LogP contribution in [0.25, 0.3) is 0 Å². The fourth-order valence-corrected chi connectivity index (χ4v) is 5.49. The highest BCUT2D eigenvalue weighted by Gasteiger charge is 2.51. The molecule has 3 aromatic rings. The summed E-state index contributed by atoms with van der Waals surface area (Å²) < 4.78 is 12.1. The number of hydrazone groups is 1. The zero-order valence-corrected chi connectivity index (χ0v) is 19.4. The van der Waals surface area contributed by atoms with Gasteiger partial charge in [0.05, 0.1) is 18.9 Å². The summed E-state index contributed by atoms with van der Waals surface area (Å²) in [5.41, 5.74) is 4.04. The molecule has 1 fully saturated rings. The number of methoxy groups -OCH3 is 1. The Morgan fingerprint density at radius 3 is 2.59 bits per heavy atom. The number of piperidine rings is 1. The number of fused-ring (bicyclic) bond motifs is 4. The van der Waals surface area contributed by atoms with E-state index in [0.717, 1.165) is 55.9 Å². The molecule has 0 aromatic heterocycles. The number of hydrogen-bond acceptors (Lipinski definition) is 6. The molecule has 0 amide bonds. The van der Waals surface area contributed by atoms with Crippen molar-refractivity contribution in [2.45, 2.75) is 37.6 Å². The first kappa shape index (κ1) is 21.1. The maximum absolute atomic E-state index is 10.0. The molecule has 6 nitrogen and oxygen atoms in total. The standard InChI is InChI=1S/C28H29N3O3/c1-33-27-17-21(11-12-25(27)32)23-18-24-22-9-5-6-10-26(22)34-28(31(24)29-23)13-15-30(16-14-28)19-20-7-3-2-4-8-20/h2-12,17,24,32H,13-16,18-19H2,1H3. The van der Waals surface area contributed by atoms with Crippen molar-refractivity contribution in [3.63, 3.8) is 0 Å². The Morgan fingerprint density at radius 2 is 1.79 bits per heavy atom. The van der Waals surface area contributed by atoms with Gasteiger partial charge >= 0.3 is 0 Å². The Labute approximate surface area is 200 Å². The molecule has 1 saturated heterocycles. The summed E-state index contributed by atoms with van der Waals surface area (Å²) >= 11 is 0. The van der Waals surface area contributed by atoms with E-state index in [-0.39, 0.29) is 11.8 Å². The van der Waals surface area contributed by atoms with Crippen molar-refractivity contribution < 1.29 is 14.6 Å². The smallest absolute Gasteiger partial charge is 0.200 e. The van der Waals surface area contributed by atoms with Crippen LogP contribution in [0.15, 0.2) is 77.9 Å². The second kappa shape index (κ2) is 8.37. The summed E-state index contributed by atoms with van der Waals surface area (Å²) in [6.07, 6.45) is 2.57. The van der Waals surface area contributed by atoms with Crippen molar-refractivity contribution in [2.75, 3.05) is 20.2 Å². The molecule has 1 unspecified atom stereocenters. The summed E-state index contributed by atoms with van der Waals surface area (Å²) in [5, 5.41) is 17.4. The molecule has 0 aliphatic carbocycles. The second-order valence-corrected chi connectivity index (χ2v) is 9.35. The van der Waals surface area contributed by atoms with Gasteiger partial charge in [0.2, 0.25) is 5.72 Å². The van der Waals surface area contributed by atoms with Crippen LogP contribution in [0.1, 0.15) is 42.0 Å². The van der Waals surface area contributed by atoms with Crippen LogP contribution < -0.4 is 9.47 Å². The summed E-state index contributed by atoms with van der Waals surface area (Å²) in [6, 6.07) is 24.6. The molecule has 1 N–H and O–H groups in total. The van der Waals surface area contributed by atoms with Crippen molar-refractivity contribution in [3.05, 3.63) is 89.5 Å². The van der Waals surface area contributed by atoms with Gasteiger partial charge in [-0.2, -0.15) is 5.10 Å². The number of ether oxygens (including phenoxy) is 2. The molecule has 174 valence electrons. The monoisotopic (exact) mass is 455 g/mol. The Morgan fingerprint density at radius 1 is 1.03 bits per heavy atom. The van der Waals surface area contributed by atoms with Crippen molar-refractivity contribution in [2.24, 2.45) is 5.10 Å². The van der Waals surface area contributed by atoms with Crippen LogP contribution in [0.3, 0.4) is 0 Å². The molecular formula is C28H29N3O3. The lowest BCUT2D eigenvalue weighted by molar-refractivity contribution is -0.150. The van der Waals surface area contributed by atoms with E-state index in [1.807, 2.05) is 18.2 Å². The molecule has 3 aromatic carbocycles. The van der Waals surface area contributed by atoms with E-state index in [1.54, 1.807) is 13.2 Å². The average molecular weight is 456 g/mol. The molecular weight excluding hydrogens is 426 g/mol. The first-order chi connectivity index (χ1) is 16.6. The first-order valence-electron chi connectivity index (χ1n) is 11.9.